The van der Waals surface area contributed by atoms with Crippen LogP contribution in [-0.2, 0) is 16.1 Å². The van der Waals surface area contributed by atoms with Crippen molar-refractivity contribution in [1.29, 1.82) is 0 Å². The minimum absolute atomic E-state index is 0.00658. The highest BCUT2D eigenvalue weighted by molar-refractivity contribution is 6.05. The normalized spacial score (nSPS) is 12.8. The van der Waals surface area contributed by atoms with Crippen LogP contribution < -0.4 is 16.6 Å². The summed E-state index contributed by atoms with van der Waals surface area (Å²) in [5, 5.41) is 3.19. The summed E-state index contributed by atoms with van der Waals surface area (Å²) in [5.41, 5.74) is 10.6. The molecule has 0 unspecified atom stereocenters. The number of hydrogen-bond acceptors (Lipinski definition) is 6. The number of benzene rings is 2. The van der Waals surface area contributed by atoms with Gasteiger partial charge in [0.15, 0.2) is 0 Å². The molecule has 0 aliphatic carbocycles. The third-order valence-corrected chi connectivity index (χ3v) is 6.43. The molecule has 2 heterocycles. The first kappa shape index (κ1) is 26.8. The number of carbonyl (C=O) groups is 2. The van der Waals surface area contributed by atoms with Crippen LogP contribution in [0.1, 0.15) is 45.6 Å². The van der Waals surface area contributed by atoms with Crippen LogP contribution in [0.3, 0.4) is 0 Å². The fourth-order valence-corrected chi connectivity index (χ4v) is 4.61. The summed E-state index contributed by atoms with van der Waals surface area (Å²) in [6, 6.07) is 11.4. The van der Waals surface area contributed by atoms with Crippen molar-refractivity contribution in [3.63, 3.8) is 0 Å². The van der Waals surface area contributed by atoms with Crippen LogP contribution in [0.15, 0.2) is 58.1 Å². The van der Waals surface area contributed by atoms with E-state index in [1.165, 1.54) is 17.8 Å². The topological polar surface area (TPSA) is 123 Å². The number of nitrogens with one attached hydrogen (secondary N) is 1. The van der Waals surface area contributed by atoms with E-state index in [2.05, 4.69) is 29.1 Å². The van der Waals surface area contributed by atoms with Crippen molar-refractivity contribution in [2.45, 2.75) is 46.6 Å². The molecule has 9 nitrogen and oxygen atoms in total. The molecule has 3 N–H and O–H groups in total. The molecule has 4 rings (SSSR count). The van der Waals surface area contributed by atoms with Crippen LogP contribution in [0.5, 0.6) is 0 Å². The molecule has 198 valence electrons. The van der Waals surface area contributed by atoms with E-state index in [4.69, 9.17) is 5.73 Å². The Labute approximate surface area is 222 Å². The molecular formula is C29H34N6O3. The van der Waals surface area contributed by atoms with Gasteiger partial charge in [0.05, 0.1) is 22.9 Å². The van der Waals surface area contributed by atoms with Gasteiger partial charge in [0, 0.05) is 50.7 Å². The molecule has 0 atom stereocenters. The first-order valence-electron chi connectivity index (χ1n) is 13.0. The Kier molecular flexibility index (Phi) is 8.35. The maximum Gasteiger partial charge on any atom is 0.261 e. The summed E-state index contributed by atoms with van der Waals surface area (Å²) in [6.07, 6.45) is 5.50. The van der Waals surface area contributed by atoms with Gasteiger partial charge >= 0.3 is 0 Å². The summed E-state index contributed by atoms with van der Waals surface area (Å²) < 4.78 is 1.49. The molecule has 0 saturated heterocycles. The Bertz CT molecular complexity index is 1480. The van der Waals surface area contributed by atoms with Crippen molar-refractivity contribution < 1.29 is 9.59 Å². The third-order valence-electron chi connectivity index (χ3n) is 6.43. The van der Waals surface area contributed by atoms with Gasteiger partial charge in [0.1, 0.15) is 5.84 Å². The maximum atomic E-state index is 13.2. The SMILES string of the molecule is CCCN(CCC)C(=O)C1=Cc2ccc(-c3ccc4c(=O)n(CCNC(C)=O)cnc4c3)cc2N=C(N)C1. The summed E-state index contributed by atoms with van der Waals surface area (Å²) in [6.45, 7) is 7.70. The van der Waals surface area contributed by atoms with Gasteiger partial charge in [-0.2, -0.15) is 0 Å². The van der Waals surface area contributed by atoms with Gasteiger partial charge in [0.2, 0.25) is 11.8 Å². The van der Waals surface area contributed by atoms with Crippen LogP contribution in [0.4, 0.5) is 5.69 Å². The Morgan fingerprint density at radius 3 is 2.50 bits per heavy atom. The zero-order valence-electron chi connectivity index (χ0n) is 22.2. The average molecular weight is 515 g/mol. The van der Waals surface area contributed by atoms with Crippen LogP contribution >= 0.6 is 0 Å². The molecule has 38 heavy (non-hydrogen) atoms. The number of carbonyl (C=O) groups excluding carboxylic acids is 2. The summed E-state index contributed by atoms with van der Waals surface area (Å²) in [5.74, 6) is 0.261. The number of aliphatic imine (C=N–C) groups is 1. The largest absolute Gasteiger partial charge is 0.387 e. The number of amides is 2. The summed E-state index contributed by atoms with van der Waals surface area (Å²) in [7, 11) is 0. The first-order valence-corrected chi connectivity index (χ1v) is 13.0. The Balaban J connectivity index is 1.64. The first-order chi connectivity index (χ1) is 18.3. The Morgan fingerprint density at radius 1 is 1.08 bits per heavy atom. The van der Waals surface area contributed by atoms with Gasteiger partial charge < -0.3 is 16.0 Å². The number of nitrogens with two attached hydrogens (primary N) is 1. The molecule has 0 bridgehead atoms. The predicted octanol–water partition coefficient (Wildman–Crippen LogP) is 3.62. The number of rotatable bonds is 9. The molecule has 0 spiro atoms. The van der Waals surface area contributed by atoms with E-state index in [-0.39, 0.29) is 17.4 Å². The van der Waals surface area contributed by atoms with E-state index in [1.54, 1.807) is 6.07 Å². The number of nitrogens with zero attached hydrogens (tertiary/aromatic N) is 4. The van der Waals surface area contributed by atoms with E-state index in [0.717, 1.165) is 29.5 Å². The van der Waals surface area contributed by atoms with E-state index >= 15 is 0 Å². The molecule has 3 aromatic rings. The number of fused-ring (bicyclic) bond motifs is 2. The van der Waals surface area contributed by atoms with E-state index < -0.39 is 0 Å². The van der Waals surface area contributed by atoms with Crippen molar-refractivity contribution in [2.75, 3.05) is 19.6 Å². The highest BCUT2D eigenvalue weighted by Crippen LogP contribution is 2.32. The predicted molar refractivity (Wildman–Crippen MR) is 151 cm³/mol. The Hall–Kier alpha value is -4.27. The lowest BCUT2D eigenvalue weighted by molar-refractivity contribution is -0.127. The molecule has 0 fully saturated rings. The number of aromatic nitrogens is 2. The highest BCUT2D eigenvalue weighted by Gasteiger charge is 2.21. The van der Waals surface area contributed by atoms with Gasteiger partial charge in [-0.3, -0.25) is 19.0 Å². The average Bonchev–Trinajstić information content (AvgIpc) is 3.06. The van der Waals surface area contributed by atoms with Crippen LogP contribution in [0, 0.1) is 0 Å². The fraction of sp³-hybridized carbons (Fsp3) is 0.345. The van der Waals surface area contributed by atoms with Gasteiger partial charge in [-0.25, -0.2) is 9.98 Å². The Morgan fingerprint density at radius 2 is 1.79 bits per heavy atom. The van der Waals surface area contributed by atoms with Crippen molar-refractivity contribution >= 4 is 40.3 Å². The standard InChI is InChI=1S/C29H34N6O3/c1-4-11-34(12-5-2)28(37)23-14-22-7-6-20(15-25(22)33-27(30)17-23)21-8-9-24-26(16-21)32-18-35(29(24)38)13-10-31-19(3)36/h6-9,14-16,18H,4-5,10-13,17H2,1-3H3,(H2,30,33)(H,31,36). The molecule has 2 aromatic carbocycles. The second-order valence-electron chi connectivity index (χ2n) is 9.47. The van der Waals surface area contributed by atoms with Crippen LogP contribution in [0.2, 0.25) is 0 Å². The zero-order chi connectivity index (χ0) is 27.2. The molecule has 2 amide bonds. The van der Waals surface area contributed by atoms with Crippen LogP contribution in [-0.4, -0.2) is 51.7 Å². The van der Waals surface area contributed by atoms with E-state index in [1.807, 2.05) is 41.3 Å². The fourth-order valence-electron chi connectivity index (χ4n) is 4.61. The lowest BCUT2D eigenvalue weighted by Crippen LogP contribution is -2.34. The molecule has 9 heteroatoms. The van der Waals surface area contributed by atoms with Crippen molar-refractivity contribution in [1.82, 2.24) is 19.8 Å². The quantitative estimate of drug-likeness (QED) is 0.452. The van der Waals surface area contributed by atoms with Crippen molar-refractivity contribution in [3.8, 4) is 11.1 Å². The van der Waals surface area contributed by atoms with E-state index in [9.17, 15) is 14.4 Å². The maximum absolute atomic E-state index is 13.2. The number of amidine groups is 1. The number of hydrogen-bond donors (Lipinski definition) is 2. The summed E-state index contributed by atoms with van der Waals surface area (Å²) in [4.78, 5) is 48.2. The van der Waals surface area contributed by atoms with Gasteiger partial charge in [-0.15, -0.1) is 0 Å². The van der Waals surface area contributed by atoms with Gasteiger partial charge in [0.25, 0.3) is 5.56 Å². The van der Waals surface area contributed by atoms with Gasteiger partial charge in [-0.1, -0.05) is 32.0 Å². The second-order valence-corrected chi connectivity index (χ2v) is 9.47. The molecule has 0 saturated carbocycles. The minimum Gasteiger partial charge on any atom is -0.387 e. The lowest BCUT2D eigenvalue weighted by Gasteiger charge is -2.22. The molecule has 1 aliphatic rings. The molecular weight excluding hydrogens is 480 g/mol. The molecule has 1 aliphatic heterocycles. The lowest BCUT2D eigenvalue weighted by atomic mass is 10.00. The second kappa shape index (κ2) is 11.9. The highest BCUT2D eigenvalue weighted by atomic mass is 16.2. The third kappa shape index (κ3) is 5.99. The zero-order valence-corrected chi connectivity index (χ0v) is 22.2. The van der Waals surface area contributed by atoms with Crippen molar-refractivity contribution in [2.24, 2.45) is 10.7 Å². The van der Waals surface area contributed by atoms with Gasteiger partial charge in [-0.05, 0) is 48.2 Å². The van der Waals surface area contributed by atoms with E-state index in [0.29, 0.717) is 60.6 Å². The van der Waals surface area contributed by atoms with Crippen LogP contribution in [0.25, 0.3) is 28.1 Å². The minimum atomic E-state index is -0.159. The van der Waals surface area contributed by atoms with Crippen molar-refractivity contribution in [3.05, 3.63) is 64.2 Å². The molecule has 1 aromatic heterocycles. The molecule has 0 radical (unpaired) electrons. The summed E-state index contributed by atoms with van der Waals surface area (Å²) >= 11 is 0. The smallest absolute Gasteiger partial charge is 0.261 e. The monoisotopic (exact) mass is 514 g/mol.